The fraction of sp³-hybridized carbons (Fsp3) is 0.200. The van der Waals surface area contributed by atoms with E-state index in [0.717, 1.165) is 12.0 Å². The molecule has 0 saturated heterocycles. The van der Waals surface area contributed by atoms with Crippen LogP contribution >= 0.6 is 31.9 Å². The van der Waals surface area contributed by atoms with E-state index in [1.807, 2.05) is 30.3 Å². The Balaban J connectivity index is 2.03. The summed E-state index contributed by atoms with van der Waals surface area (Å²) in [6, 6.07) is 16.9. The zero-order valence-corrected chi connectivity index (χ0v) is 12.9. The van der Waals surface area contributed by atoms with Crippen LogP contribution < -0.4 is 0 Å². The number of benzene rings is 2. The van der Waals surface area contributed by atoms with E-state index in [2.05, 4.69) is 44.0 Å². The molecule has 18 heavy (non-hydrogen) atoms. The zero-order valence-electron chi connectivity index (χ0n) is 9.69. The van der Waals surface area contributed by atoms with Crippen molar-refractivity contribution in [2.24, 2.45) is 0 Å². The number of hydrogen-bond acceptors (Lipinski definition) is 0. The largest absolute Gasteiger partial charge is 0.207 e. The Labute approximate surface area is 123 Å². The van der Waals surface area contributed by atoms with Gasteiger partial charge in [-0.2, -0.15) is 0 Å². The fourth-order valence-corrected chi connectivity index (χ4v) is 3.65. The van der Waals surface area contributed by atoms with E-state index in [1.165, 1.54) is 17.7 Å². The third-order valence-electron chi connectivity index (χ3n) is 2.81. The van der Waals surface area contributed by atoms with Crippen molar-refractivity contribution in [3.63, 3.8) is 0 Å². The Morgan fingerprint density at radius 3 is 1.83 bits per heavy atom. The predicted molar refractivity (Wildman–Crippen MR) is 80.8 cm³/mol. The minimum absolute atomic E-state index is 0.197. The molecule has 0 radical (unpaired) electrons. The van der Waals surface area contributed by atoms with Crippen molar-refractivity contribution in [2.45, 2.75) is 16.1 Å². The highest BCUT2D eigenvalue weighted by atomic mass is 79.9. The van der Waals surface area contributed by atoms with Gasteiger partial charge in [0.25, 0.3) is 0 Å². The molecule has 0 aliphatic carbocycles. The molecule has 0 amide bonds. The molecule has 0 N–H and O–H groups in total. The first kappa shape index (κ1) is 13.8. The predicted octanol–water partition coefficient (Wildman–Crippen LogP) is 5.79. The molecule has 2 aromatic rings. The number of rotatable bonds is 4. The van der Waals surface area contributed by atoms with E-state index < -0.39 is 0 Å². The lowest BCUT2D eigenvalue weighted by molar-refractivity contribution is 0.626. The van der Waals surface area contributed by atoms with Crippen molar-refractivity contribution in [2.75, 3.05) is 0 Å². The van der Waals surface area contributed by atoms with Crippen LogP contribution in [-0.4, -0.2) is 0 Å². The second kappa shape index (κ2) is 6.48. The molecule has 94 valence electrons. The zero-order chi connectivity index (χ0) is 13.0. The van der Waals surface area contributed by atoms with Crippen molar-refractivity contribution in [1.82, 2.24) is 0 Å². The summed E-state index contributed by atoms with van der Waals surface area (Å²) in [5.41, 5.74) is 2.35. The van der Waals surface area contributed by atoms with E-state index in [4.69, 9.17) is 0 Å². The molecular formula is C15H13Br2F. The summed E-state index contributed by atoms with van der Waals surface area (Å²) in [7, 11) is 0. The lowest BCUT2D eigenvalue weighted by Crippen LogP contribution is -1.96. The minimum Gasteiger partial charge on any atom is -0.207 e. The van der Waals surface area contributed by atoms with E-state index in [-0.39, 0.29) is 15.5 Å². The monoisotopic (exact) mass is 370 g/mol. The van der Waals surface area contributed by atoms with Gasteiger partial charge in [-0.3, -0.25) is 0 Å². The van der Waals surface area contributed by atoms with Crippen molar-refractivity contribution >= 4 is 31.9 Å². The Bertz CT molecular complexity index is 482. The van der Waals surface area contributed by atoms with Gasteiger partial charge in [0.1, 0.15) is 5.82 Å². The highest BCUT2D eigenvalue weighted by molar-refractivity contribution is 9.09. The number of hydrogen-bond donors (Lipinski definition) is 0. The SMILES string of the molecule is Fc1ccc([C@H](Br)CC(Br)c2ccccc2)cc1. The quantitative estimate of drug-likeness (QED) is 0.597. The van der Waals surface area contributed by atoms with Crippen LogP contribution in [-0.2, 0) is 0 Å². The smallest absolute Gasteiger partial charge is 0.123 e. The Morgan fingerprint density at radius 2 is 1.28 bits per heavy atom. The molecule has 0 fully saturated rings. The normalized spacial score (nSPS) is 14.2. The molecule has 0 saturated carbocycles. The van der Waals surface area contributed by atoms with Gasteiger partial charge in [0.2, 0.25) is 0 Å². The molecule has 2 aromatic carbocycles. The first-order valence-electron chi connectivity index (χ1n) is 5.75. The summed E-state index contributed by atoms with van der Waals surface area (Å²) in [6.45, 7) is 0. The Kier molecular flexibility index (Phi) is 4.95. The molecule has 0 bridgehead atoms. The molecule has 0 nitrogen and oxygen atoms in total. The average Bonchev–Trinajstić information content (AvgIpc) is 2.40. The highest BCUT2D eigenvalue weighted by Gasteiger charge is 2.14. The molecule has 2 atom stereocenters. The maximum atomic E-state index is 12.9. The molecular weight excluding hydrogens is 359 g/mol. The summed E-state index contributed by atoms with van der Waals surface area (Å²) in [5.74, 6) is -0.197. The van der Waals surface area contributed by atoms with Gasteiger partial charge in [-0.25, -0.2) is 4.39 Å². The summed E-state index contributed by atoms with van der Waals surface area (Å²) in [5, 5.41) is 0. The molecule has 0 spiro atoms. The van der Waals surface area contributed by atoms with Crippen LogP contribution in [0.4, 0.5) is 4.39 Å². The van der Waals surface area contributed by atoms with Crippen LogP contribution in [0.15, 0.2) is 54.6 Å². The van der Waals surface area contributed by atoms with E-state index in [1.54, 1.807) is 0 Å². The van der Waals surface area contributed by atoms with Crippen molar-refractivity contribution in [3.8, 4) is 0 Å². The van der Waals surface area contributed by atoms with Crippen LogP contribution in [0.1, 0.15) is 27.2 Å². The summed E-state index contributed by atoms with van der Waals surface area (Å²) in [4.78, 5) is 0.496. The maximum Gasteiger partial charge on any atom is 0.123 e. The molecule has 3 heteroatoms. The van der Waals surface area contributed by atoms with Gasteiger partial charge >= 0.3 is 0 Å². The molecule has 0 aromatic heterocycles. The van der Waals surface area contributed by atoms with Crippen LogP contribution in [0.5, 0.6) is 0 Å². The van der Waals surface area contributed by atoms with E-state index in [9.17, 15) is 4.39 Å². The fourth-order valence-electron chi connectivity index (χ4n) is 1.79. The average molecular weight is 372 g/mol. The van der Waals surface area contributed by atoms with E-state index in [0.29, 0.717) is 0 Å². The van der Waals surface area contributed by atoms with Crippen LogP contribution in [0.3, 0.4) is 0 Å². The second-order valence-electron chi connectivity index (χ2n) is 4.13. The summed E-state index contributed by atoms with van der Waals surface area (Å²) < 4.78 is 12.9. The van der Waals surface area contributed by atoms with E-state index >= 15 is 0 Å². The lowest BCUT2D eigenvalue weighted by atomic mass is 10.0. The third-order valence-corrected chi connectivity index (χ3v) is 4.61. The van der Waals surface area contributed by atoms with Gasteiger partial charge in [-0.15, -0.1) is 0 Å². The molecule has 0 aliphatic heterocycles. The van der Waals surface area contributed by atoms with Gasteiger partial charge in [0.05, 0.1) is 0 Å². The van der Waals surface area contributed by atoms with Gasteiger partial charge in [-0.05, 0) is 29.7 Å². The highest BCUT2D eigenvalue weighted by Crippen LogP contribution is 2.37. The molecule has 2 rings (SSSR count). The molecule has 1 unspecified atom stereocenters. The summed E-state index contributed by atoms with van der Waals surface area (Å²) >= 11 is 7.35. The third kappa shape index (κ3) is 3.66. The van der Waals surface area contributed by atoms with Crippen molar-refractivity contribution in [1.29, 1.82) is 0 Å². The van der Waals surface area contributed by atoms with Gasteiger partial charge in [0, 0.05) is 9.65 Å². The molecule has 0 heterocycles. The second-order valence-corrected chi connectivity index (χ2v) is 6.34. The standard InChI is InChI=1S/C15H13Br2F/c16-14(11-4-2-1-3-5-11)10-15(17)12-6-8-13(18)9-7-12/h1-9,14-15H,10H2/t14?,15-/m1/s1. The maximum absolute atomic E-state index is 12.9. The number of halogens is 3. The Morgan fingerprint density at radius 1 is 0.778 bits per heavy atom. The summed E-state index contributed by atoms with van der Waals surface area (Å²) in [6.07, 6.45) is 0.912. The molecule has 0 aliphatic rings. The number of alkyl halides is 2. The topological polar surface area (TPSA) is 0 Å². The van der Waals surface area contributed by atoms with Crippen LogP contribution in [0.2, 0.25) is 0 Å². The Hall–Kier alpha value is -0.670. The first-order chi connectivity index (χ1) is 8.66. The van der Waals surface area contributed by atoms with Gasteiger partial charge in [0.15, 0.2) is 0 Å². The minimum atomic E-state index is -0.197. The van der Waals surface area contributed by atoms with Gasteiger partial charge in [-0.1, -0.05) is 74.3 Å². The van der Waals surface area contributed by atoms with Gasteiger partial charge < -0.3 is 0 Å². The van der Waals surface area contributed by atoms with Crippen molar-refractivity contribution in [3.05, 3.63) is 71.5 Å². The van der Waals surface area contributed by atoms with Crippen molar-refractivity contribution < 1.29 is 4.39 Å². The van der Waals surface area contributed by atoms with Crippen LogP contribution in [0.25, 0.3) is 0 Å². The lowest BCUT2D eigenvalue weighted by Gasteiger charge is -2.15. The van der Waals surface area contributed by atoms with Crippen LogP contribution in [0, 0.1) is 5.82 Å². The first-order valence-corrected chi connectivity index (χ1v) is 7.58.